The quantitative estimate of drug-likeness (QED) is 0.833. The largest absolute Gasteiger partial charge is 0.496 e. The van der Waals surface area contributed by atoms with Gasteiger partial charge in [-0.25, -0.2) is 9.97 Å². The highest BCUT2D eigenvalue weighted by atomic mass is 16.5. The zero-order valence-corrected chi connectivity index (χ0v) is 15.2. The summed E-state index contributed by atoms with van der Waals surface area (Å²) in [7, 11) is 1.76. The van der Waals surface area contributed by atoms with Crippen molar-refractivity contribution >= 4 is 5.95 Å². The van der Waals surface area contributed by atoms with Crippen molar-refractivity contribution in [2.45, 2.75) is 38.6 Å². The lowest BCUT2D eigenvalue weighted by Gasteiger charge is -2.32. The Morgan fingerprint density at radius 3 is 2.56 bits per heavy atom. The number of ether oxygens (including phenoxy) is 1. The fourth-order valence-electron chi connectivity index (χ4n) is 3.43. The van der Waals surface area contributed by atoms with Gasteiger partial charge in [-0.05, 0) is 49.9 Å². The van der Waals surface area contributed by atoms with Crippen LogP contribution in [0.1, 0.15) is 43.2 Å². The number of likely N-dealkylation sites (tertiary alicyclic amines) is 1. The Labute approximate surface area is 150 Å². The van der Waals surface area contributed by atoms with Crippen molar-refractivity contribution in [3.63, 3.8) is 0 Å². The van der Waals surface area contributed by atoms with Gasteiger partial charge in [-0.1, -0.05) is 25.1 Å². The molecular formula is C20H28N4O. The van der Waals surface area contributed by atoms with Crippen LogP contribution in [0.2, 0.25) is 0 Å². The van der Waals surface area contributed by atoms with Crippen LogP contribution in [-0.4, -0.2) is 41.6 Å². The van der Waals surface area contributed by atoms with Gasteiger partial charge in [-0.2, -0.15) is 0 Å². The maximum absolute atomic E-state index is 5.52. The Kier molecular flexibility index (Phi) is 6.23. The topological polar surface area (TPSA) is 50.3 Å². The number of anilines is 1. The number of hydrogen-bond acceptors (Lipinski definition) is 5. The van der Waals surface area contributed by atoms with Crippen LogP contribution in [0.3, 0.4) is 0 Å². The number of rotatable bonds is 7. The number of aromatic nitrogens is 2. The molecule has 5 nitrogen and oxygen atoms in total. The second kappa shape index (κ2) is 8.81. The highest BCUT2D eigenvalue weighted by Crippen LogP contribution is 2.34. The van der Waals surface area contributed by atoms with Crippen molar-refractivity contribution in [3.05, 3.63) is 47.8 Å². The molecule has 1 aromatic heterocycles. The monoisotopic (exact) mass is 340 g/mol. The van der Waals surface area contributed by atoms with E-state index < -0.39 is 0 Å². The second-order valence-corrected chi connectivity index (χ2v) is 6.63. The smallest absolute Gasteiger partial charge is 0.222 e. The van der Waals surface area contributed by atoms with Crippen molar-refractivity contribution in [3.8, 4) is 5.75 Å². The van der Waals surface area contributed by atoms with Crippen LogP contribution in [0.4, 0.5) is 5.95 Å². The summed E-state index contributed by atoms with van der Waals surface area (Å²) in [6.45, 7) is 6.16. The summed E-state index contributed by atoms with van der Waals surface area (Å²) in [4.78, 5) is 11.3. The predicted molar refractivity (Wildman–Crippen MR) is 101 cm³/mol. The third kappa shape index (κ3) is 4.69. The lowest BCUT2D eigenvalue weighted by atomic mass is 9.88. The molecule has 0 amide bonds. The first-order valence-corrected chi connectivity index (χ1v) is 9.20. The van der Waals surface area contributed by atoms with E-state index in [4.69, 9.17) is 4.74 Å². The predicted octanol–water partition coefficient (Wildman–Crippen LogP) is 3.69. The van der Waals surface area contributed by atoms with Crippen LogP contribution < -0.4 is 10.1 Å². The number of hydrogen-bond donors (Lipinski definition) is 1. The molecule has 1 N–H and O–H groups in total. The fourth-order valence-corrected chi connectivity index (χ4v) is 3.43. The average molecular weight is 340 g/mol. The minimum absolute atomic E-state index is 0.587. The van der Waals surface area contributed by atoms with E-state index in [0.717, 1.165) is 57.1 Å². The number of methoxy groups -OCH3 is 1. The van der Waals surface area contributed by atoms with Crippen LogP contribution in [0.15, 0.2) is 36.7 Å². The summed E-state index contributed by atoms with van der Waals surface area (Å²) in [5, 5.41) is 3.21. The number of benzene rings is 1. The SMILES string of the molecule is CCCNc1ncc(CN2CCC(c3ccccc3OC)CC2)cn1. The highest BCUT2D eigenvalue weighted by molar-refractivity contribution is 5.36. The Hall–Kier alpha value is -2.14. The van der Waals surface area contributed by atoms with Gasteiger partial charge in [0.25, 0.3) is 0 Å². The molecule has 134 valence electrons. The molecule has 1 saturated heterocycles. The van der Waals surface area contributed by atoms with Crippen molar-refractivity contribution in [1.82, 2.24) is 14.9 Å². The first-order chi connectivity index (χ1) is 12.3. The summed E-state index contributed by atoms with van der Waals surface area (Å²) in [5.74, 6) is 2.33. The van der Waals surface area contributed by atoms with Crippen LogP contribution in [0, 0.1) is 0 Å². The number of para-hydroxylation sites is 1. The van der Waals surface area contributed by atoms with Gasteiger partial charge >= 0.3 is 0 Å². The Balaban J connectivity index is 1.52. The number of nitrogens with zero attached hydrogens (tertiary/aromatic N) is 3. The van der Waals surface area contributed by atoms with Gasteiger partial charge in [0.15, 0.2) is 0 Å². The standard InChI is InChI=1S/C20H28N4O/c1-3-10-21-20-22-13-16(14-23-20)15-24-11-8-17(9-12-24)18-6-4-5-7-19(18)25-2/h4-7,13-14,17H,3,8-12,15H2,1-2H3,(H,21,22,23). The lowest BCUT2D eigenvalue weighted by molar-refractivity contribution is 0.203. The first kappa shape index (κ1) is 17.7. The van der Waals surface area contributed by atoms with Crippen LogP contribution in [-0.2, 0) is 6.54 Å². The highest BCUT2D eigenvalue weighted by Gasteiger charge is 2.22. The maximum Gasteiger partial charge on any atom is 0.222 e. The molecule has 1 aliphatic heterocycles. The molecule has 3 rings (SSSR count). The van der Waals surface area contributed by atoms with Crippen LogP contribution in [0.25, 0.3) is 0 Å². The molecule has 0 spiro atoms. The zero-order valence-electron chi connectivity index (χ0n) is 15.2. The molecule has 0 unspecified atom stereocenters. The third-order valence-corrected chi connectivity index (χ3v) is 4.81. The maximum atomic E-state index is 5.52. The van der Waals surface area contributed by atoms with E-state index >= 15 is 0 Å². The van der Waals surface area contributed by atoms with Gasteiger partial charge < -0.3 is 10.1 Å². The summed E-state index contributed by atoms with van der Waals surface area (Å²) in [5.41, 5.74) is 2.53. The summed E-state index contributed by atoms with van der Waals surface area (Å²) in [6, 6.07) is 8.41. The molecule has 1 aromatic carbocycles. The molecular weight excluding hydrogens is 312 g/mol. The van der Waals surface area contributed by atoms with E-state index in [9.17, 15) is 0 Å². The minimum atomic E-state index is 0.587. The van der Waals surface area contributed by atoms with Gasteiger partial charge in [-0.15, -0.1) is 0 Å². The van der Waals surface area contributed by atoms with Crippen LogP contribution >= 0.6 is 0 Å². The Morgan fingerprint density at radius 1 is 1.16 bits per heavy atom. The molecule has 1 fully saturated rings. The fraction of sp³-hybridized carbons (Fsp3) is 0.500. The zero-order chi connectivity index (χ0) is 17.5. The van der Waals surface area contributed by atoms with Gasteiger partial charge in [0.1, 0.15) is 5.75 Å². The molecule has 0 bridgehead atoms. The molecule has 0 saturated carbocycles. The first-order valence-electron chi connectivity index (χ1n) is 9.20. The summed E-state index contributed by atoms with van der Waals surface area (Å²) >= 11 is 0. The summed E-state index contributed by atoms with van der Waals surface area (Å²) in [6.07, 6.45) is 7.29. The molecule has 5 heteroatoms. The molecule has 1 aliphatic rings. The molecule has 2 aromatic rings. The van der Waals surface area contributed by atoms with Gasteiger partial charge in [0.2, 0.25) is 5.95 Å². The van der Waals surface area contributed by atoms with E-state index in [1.54, 1.807) is 7.11 Å². The second-order valence-electron chi connectivity index (χ2n) is 6.63. The molecule has 2 heterocycles. The van der Waals surface area contributed by atoms with E-state index in [1.165, 1.54) is 11.1 Å². The summed E-state index contributed by atoms with van der Waals surface area (Å²) < 4.78 is 5.52. The third-order valence-electron chi connectivity index (χ3n) is 4.81. The van der Waals surface area contributed by atoms with E-state index in [-0.39, 0.29) is 0 Å². The van der Waals surface area contributed by atoms with Crippen molar-refractivity contribution in [2.75, 3.05) is 32.1 Å². The number of piperidine rings is 1. The normalized spacial score (nSPS) is 15.9. The number of nitrogens with one attached hydrogen (secondary N) is 1. The Morgan fingerprint density at radius 2 is 1.88 bits per heavy atom. The van der Waals surface area contributed by atoms with Crippen molar-refractivity contribution in [2.24, 2.45) is 0 Å². The van der Waals surface area contributed by atoms with Crippen molar-refractivity contribution < 1.29 is 4.74 Å². The average Bonchev–Trinajstić information content (AvgIpc) is 2.68. The van der Waals surface area contributed by atoms with Crippen molar-refractivity contribution in [1.29, 1.82) is 0 Å². The lowest BCUT2D eigenvalue weighted by Crippen LogP contribution is -2.32. The Bertz CT molecular complexity index is 651. The van der Waals surface area contributed by atoms with E-state index in [0.29, 0.717) is 5.92 Å². The van der Waals surface area contributed by atoms with Gasteiger partial charge in [-0.3, -0.25) is 4.90 Å². The van der Waals surface area contributed by atoms with E-state index in [1.807, 2.05) is 18.5 Å². The van der Waals surface area contributed by atoms with Gasteiger partial charge in [0, 0.05) is 31.0 Å². The molecule has 0 aliphatic carbocycles. The molecule has 0 radical (unpaired) electrons. The van der Waals surface area contributed by atoms with Gasteiger partial charge in [0.05, 0.1) is 7.11 Å². The minimum Gasteiger partial charge on any atom is -0.496 e. The molecule has 0 atom stereocenters. The van der Waals surface area contributed by atoms with E-state index in [2.05, 4.69) is 45.3 Å². The molecule has 25 heavy (non-hydrogen) atoms. The van der Waals surface area contributed by atoms with Crippen LogP contribution in [0.5, 0.6) is 5.75 Å².